The normalized spacial score (nSPS) is 16.5. The van der Waals surface area contributed by atoms with Crippen molar-refractivity contribution in [3.8, 4) is 0 Å². The van der Waals surface area contributed by atoms with E-state index in [1.807, 2.05) is 30.3 Å². The van der Waals surface area contributed by atoms with Crippen molar-refractivity contribution < 1.29 is 18.0 Å². The van der Waals surface area contributed by atoms with Crippen LogP contribution in [0.15, 0.2) is 35.1 Å². The highest BCUT2D eigenvalue weighted by Gasteiger charge is 2.38. The monoisotopic (exact) mass is 480 g/mol. The minimum Gasteiger partial charge on any atom is -0.350 e. The van der Waals surface area contributed by atoms with Gasteiger partial charge in [-0.1, -0.05) is 41.7 Å². The molecular weight excluding hydrogens is 457 g/mol. The number of hydrogen-bond donors (Lipinski definition) is 2. The van der Waals surface area contributed by atoms with E-state index in [1.165, 1.54) is 0 Å². The van der Waals surface area contributed by atoms with E-state index >= 15 is 0 Å². The Kier molecular flexibility index (Phi) is 6.66. The summed E-state index contributed by atoms with van der Waals surface area (Å²) in [6, 6.07) is 8.96. The molecule has 0 radical (unpaired) electrons. The minimum absolute atomic E-state index is 0.0848. The Morgan fingerprint density at radius 3 is 2.70 bits per heavy atom. The number of nitrogens with zero attached hydrogens (tertiary/aromatic N) is 4. The molecule has 12 heteroatoms. The molecule has 176 valence electrons. The molecule has 1 saturated heterocycles. The molecule has 0 aliphatic carbocycles. The summed E-state index contributed by atoms with van der Waals surface area (Å²) in [5.74, 6) is -1.44. The number of nitrogens with one attached hydrogen (secondary N) is 2. The van der Waals surface area contributed by atoms with Crippen molar-refractivity contribution in [3.05, 3.63) is 52.1 Å². The van der Waals surface area contributed by atoms with Gasteiger partial charge in [0, 0.05) is 26.2 Å². The predicted molar refractivity (Wildman–Crippen MR) is 119 cm³/mol. The lowest BCUT2D eigenvalue weighted by atomic mass is 10.2. The Bertz CT molecular complexity index is 1190. The van der Waals surface area contributed by atoms with Crippen molar-refractivity contribution >= 4 is 32.7 Å². The molecule has 1 fully saturated rings. The maximum absolute atomic E-state index is 13.6. The number of thiazole rings is 1. The Balaban J connectivity index is 1.62. The van der Waals surface area contributed by atoms with E-state index in [0.29, 0.717) is 29.2 Å². The molecule has 1 amide bonds. The van der Waals surface area contributed by atoms with Crippen LogP contribution in [-0.2, 0) is 24.1 Å². The van der Waals surface area contributed by atoms with Gasteiger partial charge in [0.1, 0.15) is 6.04 Å². The fourth-order valence-corrected chi connectivity index (χ4v) is 4.85. The van der Waals surface area contributed by atoms with Gasteiger partial charge in [-0.2, -0.15) is 13.2 Å². The Morgan fingerprint density at radius 1 is 1.24 bits per heavy atom. The van der Waals surface area contributed by atoms with Crippen molar-refractivity contribution in [1.82, 2.24) is 25.2 Å². The first-order valence-corrected chi connectivity index (χ1v) is 11.3. The Hall–Kier alpha value is -2.99. The molecule has 1 aromatic carbocycles. The number of rotatable bonds is 7. The molecule has 4 rings (SSSR count). The third-order valence-corrected chi connectivity index (χ3v) is 6.44. The smallest absolute Gasteiger partial charge is 0.350 e. The largest absolute Gasteiger partial charge is 0.449 e. The lowest BCUT2D eigenvalue weighted by Crippen LogP contribution is -2.43. The molecule has 0 saturated carbocycles. The summed E-state index contributed by atoms with van der Waals surface area (Å²) in [6.45, 7) is 0.872. The number of aromatic nitrogens is 3. The number of anilines is 1. The van der Waals surface area contributed by atoms with Crippen LogP contribution in [0.2, 0.25) is 0 Å². The molecule has 8 nitrogen and oxygen atoms in total. The van der Waals surface area contributed by atoms with Crippen molar-refractivity contribution in [2.75, 3.05) is 25.0 Å². The van der Waals surface area contributed by atoms with Crippen molar-refractivity contribution in [3.63, 3.8) is 0 Å². The van der Waals surface area contributed by atoms with Crippen LogP contribution < -0.4 is 21.1 Å². The van der Waals surface area contributed by atoms with Crippen LogP contribution in [-0.4, -0.2) is 46.6 Å². The number of amides is 1. The van der Waals surface area contributed by atoms with Gasteiger partial charge in [0.05, 0.1) is 0 Å². The molecule has 2 N–H and O–H groups in total. The number of halogens is 3. The zero-order valence-electron chi connectivity index (χ0n) is 17.9. The van der Waals surface area contributed by atoms with Gasteiger partial charge in [-0.3, -0.25) is 14.2 Å². The van der Waals surface area contributed by atoms with Crippen molar-refractivity contribution in [1.29, 1.82) is 0 Å². The van der Waals surface area contributed by atoms with E-state index in [2.05, 4.69) is 20.6 Å². The number of carbonyl (C=O) groups excluding carboxylic acids is 1. The maximum Gasteiger partial charge on any atom is 0.449 e. The molecule has 1 unspecified atom stereocenters. The van der Waals surface area contributed by atoms with E-state index in [1.54, 1.807) is 11.9 Å². The van der Waals surface area contributed by atoms with Gasteiger partial charge in [0.25, 0.3) is 5.56 Å². The molecule has 1 aliphatic rings. The summed E-state index contributed by atoms with van der Waals surface area (Å²) in [6.07, 6.45) is -3.46. The molecule has 3 aromatic rings. The Labute approximate surface area is 191 Å². The average molecular weight is 481 g/mol. The van der Waals surface area contributed by atoms with Gasteiger partial charge < -0.3 is 15.5 Å². The maximum atomic E-state index is 13.6. The molecule has 33 heavy (non-hydrogen) atoms. The fraction of sp³-hybridized carbons (Fsp3) is 0.429. The van der Waals surface area contributed by atoms with Crippen LogP contribution in [0.25, 0.3) is 10.3 Å². The summed E-state index contributed by atoms with van der Waals surface area (Å²) < 4.78 is 41.3. The molecule has 0 spiro atoms. The van der Waals surface area contributed by atoms with Gasteiger partial charge in [0.15, 0.2) is 15.5 Å². The second-order valence-electron chi connectivity index (χ2n) is 7.70. The number of hydrogen-bond acceptors (Lipinski definition) is 7. The summed E-state index contributed by atoms with van der Waals surface area (Å²) in [4.78, 5) is 35.4. The lowest BCUT2D eigenvalue weighted by molar-refractivity contribution is -0.147. The van der Waals surface area contributed by atoms with Crippen LogP contribution in [0, 0.1) is 0 Å². The molecule has 1 aliphatic heterocycles. The number of fused-ring (bicyclic) bond motifs is 1. The van der Waals surface area contributed by atoms with Crippen LogP contribution in [0.3, 0.4) is 0 Å². The van der Waals surface area contributed by atoms with Crippen LogP contribution >= 0.6 is 11.3 Å². The summed E-state index contributed by atoms with van der Waals surface area (Å²) >= 11 is 0.902. The second-order valence-corrected chi connectivity index (χ2v) is 8.65. The quantitative estimate of drug-likeness (QED) is 0.540. The van der Waals surface area contributed by atoms with Crippen molar-refractivity contribution in [2.24, 2.45) is 0 Å². The van der Waals surface area contributed by atoms with Gasteiger partial charge >= 0.3 is 6.18 Å². The molecule has 3 heterocycles. The number of alkyl halides is 3. The molecular formula is C21H23F3N6O2S. The van der Waals surface area contributed by atoms with Crippen LogP contribution in [0.1, 0.15) is 24.2 Å². The summed E-state index contributed by atoms with van der Waals surface area (Å²) in [5.41, 5.74) is 0.00480. The van der Waals surface area contributed by atoms with E-state index in [9.17, 15) is 22.8 Å². The predicted octanol–water partition coefficient (Wildman–Crippen LogP) is 2.38. The summed E-state index contributed by atoms with van der Waals surface area (Å²) in [7, 11) is 1.58. The third kappa shape index (κ3) is 4.86. The second kappa shape index (κ2) is 9.48. The number of likely N-dealkylation sites (N-methyl/N-ethyl adjacent to an activating group) is 1. The van der Waals surface area contributed by atoms with Gasteiger partial charge in [-0.15, -0.1) is 0 Å². The fourth-order valence-electron chi connectivity index (χ4n) is 3.84. The molecule has 2 aromatic heterocycles. The number of carbonyl (C=O) groups is 1. The van der Waals surface area contributed by atoms with E-state index in [0.717, 1.165) is 23.3 Å². The highest BCUT2D eigenvalue weighted by molar-refractivity contribution is 7.21. The van der Waals surface area contributed by atoms with E-state index in [-0.39, 0.29) is 29.3 Å². The van der Waals surface area contributed by atoms with E-state index in [4.69, 9.17) is 0 Å². The van der Waals surface area contributed by atoms with Gasteiger partial charge in [0.2, 0.25) is 11.7 Å². The number of benzene rings is 1. The minimum atomic E-state index is -4.78. The Morgan fingerprint density at radius 2 is 2.00 bits per heavy atom. The highest BCUT2D eigenvalue weighted by Crippen LogP contribution is 2.34. The average Bonchev–Trinajstić information content (AvgIpc) is 3.44. The van der Waals surface area contributed by atoms with Crippen molar-refractivity contribution in [2.45, 2.75) is 38.1 Å². The molecule has 0 bridgehead atoms. The molecule has 1 atom stereocenters. The standard InChI is InChI=1S/C21H23F3N6O2S/c1-25-9-11-30-18(32)15-17(28-19(30)21(22,23)24)33-20(27-15)29-10-5-8-14(29)16(31)26-12-13-6-3-2-4-7-13/h2-4,6-7,14,25H,5,8-12H2,1H3,(H,26,31). The van der Waals surface area contributed by atoms with Gasteiger partial charge in [-0.25, -0.2) is 9.97 Å². The first kappa shape index (κ1) is 23.2. The van der Waals surface area contributed by atoms with Gasteiger partial charge in [-0.05, 0) is 25.5 Å². The zero-order chi connectivity index (χ0) is 23.6. The topological polar surface area (TPSA) is 92.2 Å². The first-order valence-electron chi connectivity index (χ1n) is 10.5. The summed E-state index contributed by atoms with van der Waals surface area (Å²) in [5, 5.41) is 5.97. The lowest BCUT2D eigenvalue weighted by Gasteiger charge is -2.23. The van der Waals surface area contributed by atoms with Crippen LogP contribution in [0.5, 0.6) is 0 Å². The first-order chi connectivity index (χ1) is 15.8. The van der Waals surface area contributed by atoms with Crippen LogP contribution in [0.4, 0.5) is 18.3 Å². The zero-order valence-corrected chi connectivity index (χ0v) is 18.7. The van der Waals surface area contributed by atoms with E-state index < -0.39 is 23.6 Å². The third-order valence-electron chi connectivity index (χ3n) is 5.46. The highest BCUT2D eigenvalue weighted by atomic mass is 32.1. The SMILES string of the molecule is CNCCn1c(C(F)(F)F)nc2sc(N3CCCC3C(=O)NCc3ccccc3)nc2c1=O.